The number of urea groups is 1. The molecule has 1 rings (SSSR count). The normalized spacial score (nSPS) is 19.3. The summed E-state index contributed by atoms with van der Waals surface area (Å²) in [6.45, 7) is 6.26. The predicted octanol–water partition coefficient (Wildman–Crippen LogP) is 0.479. The van der Waals surface area contributed by atoms with Crippen LogP contribution >= 0.6 is 0 Å². The molecule has 0 spiro atoms. The zero-order chi connectivity index (χ0) is 13.7. The van der Waals surface area contributed by atoms with E-state index in [1.165, 1.54) is 0 Å². The van der Waals surface area contributed by atoms with Crippen LogP contribution < -0.4 is 10.6 Å². The van der Waals surface area contributed by atoms with Crippen LogP contribution in [0.1, 0.15) is 33.6 Å². The van der Waals surface area contributed by atoms with Gasteiger partial charge in [-0.15, -0.1) is 0 Å². The van der Waals surface area contributed by atoms with Gasteiger partial charge in [0.2, 0.25) is 5.91 Å². The topological polar surface area (TPSA) is 78.5 Å². The molecule has 1 aliphatic heterocycles. The summed E-state index contributed by atoms with van der Waals surface area (Å²) in [5, 5.41) is 5.25. The van der Waals surface area contributed by atoms with Gasteiger partial charge in [0.25, 0.3) is 5.91 Å². The molecule has 0 aromatic rings. The molecule has 1 unspecified atom stereocenters. The number of rotatable bonds is 6. The van der Waals surface area contributed by atoms with Crippen molar-refractivity contribution < 1.29 is 14.4 Å². The third-order valence-corrected chi connectivity index (χ3v) is 2.69. The Hall–Kier alpha value is -1.59. The van der Waals surface area contributed by atoms with Crippen molar-refractivity contribution in [3.8, 4) is 0 Å². The Balaban J connectivity index is 2.53. The van der Waals surface area contributed by atoms with Crippen LogP contribution in [0.2, 0.25) is 0 Å². The van der Waals surface area contributed by atoms with Gasteiger partial charge in [0.05, 0.1) is 0 Å². The van der Waals surface area contributed by atoms with E-state index in [1.54, 1.807) is 0 Å². The molecule has 0 saturated carbocycles. The first-order valence-corrected chi connectivity index (χ1v) is 6.34. The van der Waals surface area contributed by atoms with Crippen molar-refractivity contribution in [3.05, 3.63) is 0 Å². The molecule has 6 heteroatoms. The lowest BCUT2D eigenvalue weighted by Gasteiger charge is -2.13. The predicted molar refractivity (Wildman–Crippen MR) is 66.8 cm³/mol. The molecule has 1 fully saturated rings. The van der Waals surface area contributed by atoms with Crippen LogP contribution in [0.5, 0.6) is 0 Å². The molecule has 1 atom stereocenters. The Morgan fingerprint density at radius 3 is 2.67 bits per heavy atom. The highest BCUT2D eigenvalue weighted by atomic mass is 16.2. The molecule has 0 radical (unpaired) electrons. The minimum atomic E-state index is -0.489. The maximum atomic E-state index is 11.9. The summed E-state index contributed by atoms with van der Waals surface area (Å²) in [7, 11) is 0. The van der Waals surface area contributed by atoms with E-state index in [2.05, 4.69) is 10.6 Å². The van der Waals surface area contributed by atoms with E-state index in [9.17, 15) is 14.4 Å². The Kier molecular flexibility index (Phi) is 5.12. The van der Waals surface area contributed by atoms with Crippen LogP contribution in [0.4, 0.5) is 4.79 Å². The highest BCUT2D eigenvalue weighted by Gasteiger charge is 2.38. The number of nitrogens with one attached hydrogen (secondary N) is 2. The summed E-state index contributed by atoms with van der Waals surface area (Å²) in [5.74, 6) is -0.293. The Labute approximate surface area is 107 Å². The quantitative estimate of drug-likeness (QED) is 0.678. The number of hydrogen-bond acceptors (Lipinski definition) is 3. The van der Waals surface area contributed by atoms with Gasteiger partial charge in [-0.1, -0.05) is 20.8 Å². The molecule has 18 heavy (non-hydrogen) atoms. The molecule has 6 nitrogen and oxygen atoms in total. The monoisotopic (exact) mass is 255 g/mol. The molecule has 0 aromatic heterocycles. The van der Waals surface area contributed by atoms with Crippen LogP contribution in [0, 0.1) is 5.92 Å². The third-order valence-electron chi connectivity index (χ3n) is 2.69. The molecule has 4 amide bonds. The first-order valence-electron chi connectivity index (χ1n) is 6.34. The van der Waals surface area contributed by atoms with Gasteiger partial charge in [-0.05, 0) is 18.8 Å². The van der Waals surface area contributed by atoms with Crippen molar-refractivity contribution in [1.82, 2.24) is 15.5 Å². The fraction of sp³-hybridized carbons (Fsp3) is 0.750. The molecule has 102 valence electrons. The van der Waals surface area contributed by atoms with E-state index in [1.807, 2.05) is 20.8 Å². The first-order chi connectivity index (χ1) is 8.45. The molecule has 1 aliphatic rings. The van der Waals surface area contributed by atoms with Gasteiger partial charge >= 0.3 is 6.03 Å². The van der Waals surface area contributed by atoms with Crippen LogP contribution in [-0.2, 0) is 9.59 Å². The van der Waals surface area contributed by atoms with Crippen molar-refractivity contribution in [2.75, 3.05) is 13.1 Å². The average molecular weight is 255 g/mol. The minimum absolute atomic E-state index is 0.195. The smallest absolute Gasteiger partial charge is 0.325 e. The highest BCUT2D eigenvalue weighted by Crippen LogP contribution is 2.13. The number of nitrogens with zero attached hydrogens (tertiary/aromatic N) is 1. The molecule has 0 aliphatic carbocycles. The molecule has 0 aromatic carbocycles. The summed E-state index contributed by atoms with van der Waals surface area (Å²) in [6.07, 6.45) is 1.42. The summed E-state index contributed by atoms with van der Waals surface area (Å²) >= 11 is 0. The van der Waals surface area contributed by atoms with Gasteiger partial charge in [-0.3, -0.25) is 14.5 Å². The van der Waals surface area contributed by atoms with Gasteiger partial charge in [-0.2, -0.15) is 0 Å². The molecule has 2 N–H and O–H groups in total. The van der Waals surface area contributed by atoms with Crippen molar-refractivity contribution in [3.63, 3.8) is 0 Å². The summed E-state index contributed by atoms with van der Waals surface area (Å²) in [4.78, 5) is 36.0. The molecular formula is C12H21N3O3. The van der Waals surface area contributed by atoms with Crippen LogP contribution in [-0.4, -0.2) is 41.9 Å². The van der Waals surface area contributed by atoms with E-state index >= 15 is 0 Å². The minimum Gasteiger partial charge on any atom is -0.355 e. The van der Waals surface area contributed by atoms with Gasteiger partial charge in [0.15, 0.2) is 0 Å². The lowest BCUT2D eigenvalue weighted by Crippen LogP contribution is -2.41. The summed E-state index contributed by atoms with van der Waals surface area (Å²) in [6, 6.07) is -0.964. The van der Waals surface area contributed by atoms with E-state index in [4.69, 9.17) is 0 Å². The Bertz CT molecular complexity index is 341. The van der Waals surface area contributed by atoms with Crippen molar-refractivity contribution in [2.24, 2.45) is 5.92 Å². The van der Waals surface area contributed by atoms with Gasteiger partial charge < -0.3 is 10.6 Å². The second-order valence-electron chi connectivity index (χ2n) is 4.91. The standard InChI is InChI=1S/C12H21N3O3/c1-4-5-13-10(16)7-15-11(17)9(6-8(2)3)14-12(15)18/h8-9H,4-7H2,1-3H3,(H,13,16)(H,14,18). The lowest BCUT2D eigenvalue weighted by atomic mass is 10.0. The first kappa shape index (κ1) is 14.5. The fourth-order valence-electron chi connectivity index (χ4n) is 1.82. The van der Waals surface area contributed by atoms with E-state index in [-0.39, 0.29) is 18.4 Å². The third kappa shape index (κ3) is 3.72. The number of amides is 4. The SMILES string of the molecule is CCCNC(=O)CN1C(=O)NC(CC(C)C)C1=O. The molecule has 0 bridgehead atoms. The number of carbonyl (C=O) groups excluding carboxylic acids is 3. The van der Waals surface area contributed by atoms with E-state index in [0.717, 1.165) is 11.3 Å². The van der Waals surface area contributed by atoms with Gasteiger partial charge in [0, 0.05) is 6.54 Å². The van der Waals surface area contributed by atoms with E-state index < -0.39 is 12.1 Å². The maximum Gasteiger partial charge on any atom is 0.325 e. The zero-order valence-corrected chi connectivity index (χ0v) is 11.2. The highest BCUT2D eigenvalue weighted by molar-refractivity contribution is 6.06. The van der Waals surface area contributed by atoms with Crippen molar-refractivity contribution in [2.45, 2.75) is 39.7 Å². The number of carbonyl (C=O) groups is 3. The fourth-order valence-corrected chi connectivity index (χ4v) is 1.82. The maximum absolute atomic E-state index is 11.9. The average Bonchev–Trinajstić information content (AvgIpc) is 2.53. The second-order valence-corrected chi connectivity index (χ2v) is 4.91. The molecule has 1 saturated heterocycles. The molecule has 1 heterocycles. The van der Waals surface area contributed by atoms with E-state index in [0.29, 0.717) is 18.9 Å². The van der Waals surface area contributed by atoms with Gasteiger partial charge in [-0.25, -0.2) is 4.79 Å². The summed E-state index contributed by atoms with van der Waals surface area (Å²) in [5.41, 5.74) is 0. The lowest BCUT2D eigenvalue weighted by molar-refractivity contribution is -0.132. The van der Waals surface area contributed by atoms with Crippen molar-refractivity contribution >= 4 is 17.8 Å². The Morgan fingerprint density at radius 2 is 2.11 bits per heavy atom. The number of imide groups is 1. The van der Waals surface area contributed by atoms with Crippen molar-refractivity contribution in [1.29, 1.82) is 0 Å². The zero-order valence-electron chi connectivity index (χ0n) is 11.2. The van der Waals surface area contributed by atoms with Crippen LogP contribution in [0.15, 0.2) is 0 Å². The largest absolute Gasteiger partial charge is 0.355 e. The molecular weight excluding hydrogens is 234 g/mol. The Morgan fingerprint density at radius 1 is 1.44 bits per heavy atom. The van der Waals surface area contributed by atoms with Gasteiger partial charge in [0.1, 0.15) is 12.6 Å². The van der Waals surface area contributed by atoms with Crippen LogP contribution in [0.3, 0.4) is 0 Å². The van der Waals surface area contributed by atoms with Crippen LogP contribution in [0.25, 0.3) is 0 Å². The summed E-state index contributed by atoms with van der Waals surface area (Å²) < 4.78 is 0. The number of hydrogen-bond donors (Lipinski definition) is 2. The second kappa shape index (κ2) is 6.37.